The monoisotopic (exact) mass is 655 g/mol. The minimum absolute atomic E-state index is 0.0285. The molecule has 8 atom stereocenters. The number of rotatable bonds is 12. The second-order valence-electron chi connectivity index (χ2n) is 13.2. The summed E-state index contributed by atoms with van der Waals surface area (Å²) in [6, 6.07) is -0.656. The van der Waals surface area contributed by atoms with Crippen LogP contribution in [0.2, 0.25) is 0 Å². The highest BCUT2D eigenvalue weighted by atomic mass is 32.2. The van der Waals surface area contributed by atoms with Gasteiger partial charge in [-0.05, 0) is 91.8 Å². The Morgan fingerprint density at radius 3 is 2.28 bits per heavy atom. The van der Waals surface area contributed by atoms with E-state index in [0.29, 0.717) is 28.5 Å². The molecule has 0 radical (unpaired) electrons. The van der Waals surface area contributed by atoms with E-state index in [2.05, 4.69) is 27.8 Å². The number of carbonyl (C=O) groups excluding carboxylic acids is 1. The van der Waals surface area contributed by atoms with Gasteiger partial charge in [0.1, 0.15) is 5.66 Å². The van der Waals surface area contributed by atoms with Crippen LogP contribution in [0, 0.1) is 11.8 Å². The van der Waals surface area contributed by atoms with Crippen LogP contribution in [0.1, 0.15) is 59.8 Å². The molecule has 5 aliphatic heterocycles. The van der Waals surface area contributed by atoms with Gasteiger partial charge in [0.25, 0.3) is 0 Å². The molecular weight excluding hydrogens is 608 g/mol. The van der Waals surface area contributed by atoms with Crippen molar-refractivity contribution in [3.05, 3.63) is 69.6 Å². The van der Waals surface area contributed by atoms with Gasteiger partial charge < -0.3 is 37.0 Å². The van der Waals surface area contributed by atoms with Crippen LogP contribution in [0.15, 0.2) is 69.6 Å². The fourth-order valence-corrected chi connectivity index (χ4v) is 8.61. The van der Waals surface area contributed by atoms with Gasteiger partial charge in [-0.1, -0.05) is 19.6 Å². The molecule has 12 nitrogen and oxygen atoms in total. The first-order valence-electron chi connectivity index (χ1n) is 15.8. The Kier molecular flexibility index (Phi) is 9.37. The molecule has 0 saturated carbocycles. The number of hydrogen-bond acceptors (Lipinski definition) is 9. The van der Waals surface area contributed by atoms with Crippen molar-refractivity contribution < 1.29 is 29.7 Å². The standard InChI is InChI=1S/C33H46N6O6S/c1-6-20-16(3)24(39-33(20,35)45)11-22-15(2)19(7-9-28(40)41)26(36-22)13-32(34)21(8-10-29(42)43)17(4)23(38-32)12-25-30(27-14-46-27)18(5)31(44)37-25/h6,12-13,18,22,24-25,27,30,36,38-39,45H,1,7-11,14,34-35H2,2-5H3,(H,37,44)(H,40,41)(H,42,43)/p+1/b23-12+,26-13-/t18-,22?,24-,25?,27-,30-,32-,33+/m1/s1. The third-order valence-electron chi connectivity index (χ3n) is 10.2. The summed E-state index contributed by atoms with van der Waals surface area (Å²) in [5, 5.41) is 43.4. The molecule has 0 aromatic carbocycles. The average molecular weight is 656 g/mol. The quantitative estimate of drug-likeness (QED) is 0.0620. The number of carboxylic acid groups (broad SMARTS) is 2. The molecule has 0 aromatic heterocycles. The lowest BCUT2D eigenvalue weighted by atomic mass is 9.88. The largest absolute Gasteiger partial charge is 0.481 e. The van der Waals surface area contributed by atoms with Crippen molar-refractivity contribution in [2.24, 2.45) is 23.3 Å². The van der Waals surface area contributed by atoms with Crippen molar-refractivity contribution in [3.8, 4) is 0 Å². The summed E-state index contributed by atoms with van der Waals surface area (Å²) in [4.78, 5) is 35.9. The number of amides is 1. The van der Waals surface area contributed by atoms with Crippen LogP contribution in [-0.2, 0) is 26.1 Å². The maximum Gasteiger partial charge on any atom is 0.303 e. The van der Waals surface area contributed by atoms with Crippen molar-refractivity contribution in [2.75, 3.05) is 5.75 Å². The molecule has 1 amide bonds. The van der Waals surface area contributed by atoms with Crippen molar-refractivity contribution in [1.29, 1.82) is 0 Å². The van der Waals surface area contributed by atoms with E-state index in [-0.39, 0.29) is 61.6 Å². The molecule has 2 saturated heterocycles. The number of nitrogens with one attached hydrogen (secondary N) is 4. The Bertz CT molecular complexity index is 1510. The van der Waals surface area contributed by atoms with Crippen LogP contribution in [0.5, 0.6) is 0 Å². The minimum atomic E-state index is -1.70. The first-order chi connectivity index (χ1) is 21.6. The van der Waals surface area contributed by atoms with Gasteiger partial charge in [-0.15, -0.1) is 0 Å². The van der Waals surface area contributed by atoms with Gasteiger partial charge in [0.15, 0.2) is 16.9 Å². The van der Waals surface area contributed by atoms with E-state index in [1.807, 2.05) is 39.8 Å². The third-order valence-corrected chi connectivity index (χ3v) is 11.4. The number of carboxylic acids is 2. The number of hydrogen-bond donors (Lipinski definition) is 9. The van der Waals surface area contributed by atoms with Crippen LogP contribution in [0.4, 0.5) is 0 Å². The predicted octanol–water partition coefficient (Wildman–Crippen LogP) is 0.764. The van der Waals surface area contributed by atoms with Crippen LogP contribution in [0.25, 0.3) is 0 Å². The summed E-state index contributed by atoms with van der Waals surface area (Å²) in [5.41, 5.74) is 18.1. The van der Waals surface area contributed by atoms with Gasteiger partial charge in [0.2, 0.25) is 5.91 Å². The molecule has 0 spiro atoms. The fourth-order valence-electron chi connectivity index (χ4n) is 7.56. The second kappa shape index (κ2) is 12.7. The van der Waals surface area contributed by atoms with E-state index < -0.39 is 23.5 Å². The van der Waals surface area contributed by atoms with Gasteiger partial charge in [-0.25, -0.2) is 0 Å². The van der Waals surface area contributed by atoms with Crippen LogP contribution < -0.4 is 32.7 Å². The normalized spacial score (nSPS) is 37.3. The molecule has 11 N–H and O–H groups in total. The number of carbonyl (C=O) groups is 3. The molecule has 5 rings (SSSR count). The Hall–Kier alpha value is -3.36. The molecule has 13 heteroatoms. The smallest absolute Gasteiger partial charge is 0.303 e. The zero-order valence-electron chi connectivity index (χ0n) is 26.8. The van der Waals surface area contributed by atoms with Gasteiger partial charge in [0.05, 0.1) is 6.04 Å². The van der Waals surface area contributed by atoms with Gasteiger partial charge in [-0.2, -0.15) is 0 Å². The minimum Gasteiger partial charge on any atom is -0.481 e. The lowest BCUT2D eigenvalue weighted by Gasteiger charge is -2.28. The van der Waals surface area contributed by atoms with Crippen LogP contribution >= 0.6 is 0 Å². The predicted molar refractivity (Wildman–Crippen MR) is 178 cm³/mol. The number of allylic oxidation sites excluding steroid dienone is 2. The number of nitrogens with two attached hydrogens (primary N) is 2. The maximum absolute atomic E-state index is 12.6. The summed E-state index contributed by atoms with van der Waals surface area (Å²) in [5.74, 6) is -2.40. The topological polar surface area (TPSA) is 212 Å². The van der Waals surface area contributed by atoms with Crippen molar-refractivity contribution in [2.45, 2.75) is 94.7 Å². The SMILES string of the molecule is C=CC1=C(C)[C@@H](CC2N/C(=C\[C@@]3(N)N/C(=C/C4NC(=O)[C@H](C)[C@H]4[C@H]4C[SH+]4)C(C)=C3CCC(=O)O)C(CCC(=O)O)=C2C)N[C@]1(N)O. The molecule has 46 heavy (non-hydrogen) atoms. The van der Waals surface area contributed by atoms with Crippen LogP contribution in [-0.4, -0.2) is 73.8 Å². The summed E-state index contributed by atoms with van der Waals surface area (Å²) in [6.07, 6.45) is 6.18. The Morgan fingerprint density at radius 2 is 1.70 bits per heavy atom. The van der Waals surface area contributed by atoms with E-state index in [0.717, 1.165) is 33.7 Å². The highest BCUT2D eigenvalue weighted by Crippen LogP contribution is 2.41. The lowest BCUT2D eigenvalue weighted by Crippen LogP contribution is -2.54. The zero-order chi connectivity index (χ0) is 33.7. The highest BCUT2D eigenvalue weighted by molar-refractivity contribution is 7.86. The summed E-state index contributed by atoms with van der Waals surface area (Å²) in [7, 11) is 0. The number of aliphatic hydroxyl groups is 1. The summed E-state index contributed by atoms with van der Waals surface area (Å²) < 4.78 is 0. The fraction of sp³-hybridized carbons (Fsp3) is 0.545. The van der Waals surface area contributed by atoms with Crippen molar-refractivity contribution in [1.82, 2.24) is 21.3 Å². The highest BCUT2D eigenvalue weighted by Gasteiger charge is 2.54. The third kappa shape index (κ3) is 6.56. The summed E-state index contributed by atoms with van der Waals surface area (Å²) in [6.45, 7) is 11.5. The van der Waals surface area contributed by atoms with Crippen LogP contribution in [0.3, 0.4) is 0 Å². The van der Waals surface area contributed by atoms with Crippen molar-refractivity contribution in [3.63, 3.8) is 0 Å². The second-order valence-corrected chi connectivity index (χ2v) is 14.6. The molecular formula is C33H47N6O6S+. The molecule has 2 fully saturated rings. The first-order valence-corrected chi connectivity index (χ1v) is 16.9. The molecule has 0 aromatic rings. The van der Waals surface area contributed by atoms with E-state index in [1.165, 1.54) is 11.8 Å². The van der Waals surface area contributed by atoms with E-state index >= 15 is 0 Å². The van der Waals surface area contributed by atoms with Gasteiger partial charge >= 0.3 is 11.9 Å². The molecule has 0 aliphatic carbocycles. The van der Waals surface area contributed by atoms with Gasteiger partial charge in [0, 0.05) is 53.7 Å². The molecule has 5 heterocycles. The molecule has 0 bridgehead atoms. The number of aliphatic carboxylic acids is 2. The summed E-state index contributed by atoms with van der Waals surface area (Å²) >= 11 is 1.35. The molecule has 5 aliphatic rings. The number of thiol groups is 1. The zero-order valence-corrected chi connectivity index (χ0v) is 27.7. The Labute approximate surface area is 273 Å². The Morgan fingerprint density at radius 1 is 1.04 bits per heavy atom. The Balaban J connectivity index is 1.48. The maximum atomic E-state index is 12.6. The van der Waals surface area contributed by atoms with Crippen molar-refractivity contribution >= 4 is 29.6 Å². The van der Waals surface area contributed by atoms with E-state index in [9.17, 15) is 29.7 Å². The van der Waals surface area contributed by atoms with E-state index in [4.69, 9.17) is 11.5 Å². The first kappa shape index (κ1) is 34.0. The van der Waals surface area contributed by atoms with Gasteiger partial charge in [-0.3, -0.25) is 25.4 Å². The lowest BCUT2D eigenvalue weighted by molar-refractivity contribution is -0.138. The molecule has 250 valence electrons. The molecule has 2 unspecified atom stereocenters. The van der Waals surface area contributed by atoms with E-state index in [1.54, 1.807) is 6.08 Å². The average Bonchev–Trinajstić information content (AvgIpc) is 3.58.